The van der Waals surface area contributed by atoms with Crippen molar-refractivity contribution in [2.45, 2.75) is 44.0 Å². The smallest absolute Gasteiger partial charge is 0.255 e. The number of carbonyl (C=O) groups is 1. The van der Waals surface area contributed by atoms with Crippen LogP contribution in [0.3, 0.4) is 0 Å². The van der Waals surface area contributed by atoms with Crippen molar-refractivity contribution < 1.29 is 9.21 Å². The number of halogens is 1. The topological polar surface area (TPSA) is 42.2 Å². The van der Waals surface area contributed by atoms with Crippen molar-refractivity contribution in [3.63, 3.8) is 0 Å². The van der Waals surface area contributed by atoms with Crippen LogP contribution >= 0.6 is 11.6 Å². The minimum absolute atomic E-state index is 0.0665. The molecule has 0 saturated heterocycles. The lowest BCUT2D eigenvalue weighted by Gasteiger charge is -2.15. The lowest BCUT2D eigenvalue weighted by Crippen LogP contribution is -2.38. The molecule has 1 aliphatic carbocycles. The van der Waals surface area contributed by atoms with Crippen molar-refractivity contribution in [1.29, 1.82) is 0 Å². The molecule has 3 nitrogen and oxygen atoms in total. The summed E-state index contributed by atoms with van der Waals surface area (Å²) < 4.78 is 5.23. The maximum atomic E-state index is 12.0. The number of carbonyl (C=O) groups excluding carboxylic acids is 1. The highest BCUT2D eigenvalue weighted by atomic mass is 35.5. The van der Waals surface area contributed by atoms with Crippen LogP contribution in [0.4, 0.5) is 0 Å². The van der Waals surface area contributed by atoms with Gasteiger partial charge in [0.05, 0.1) is 17.2 Å². The Morgan fingerprint density at radius 1 is 1.62 bits per heavy atom. The Kier molecular flexibility index (Phi) is 3.54. The van der Waals surface area contributed by atoms with Crippen molar-refractivity contribution in [2.24, 2.45) is 0 Å². The quantitative estimate of drug-likeness (QED) is 0.827. The van der Waals surface area contributed by atoms with Gasteiger partial charge in [-0.15, -0.1) is 11.6 Å². The third-order valence-electron chi connectivity index (χ3n) is 3.06. The van der Waals surface area contributed by atoms with E-state index in [2.05, 4.69) is 5.32 Å². The highest BCUT2D eigenvalue weighted by Crippen LogP contribution is 2.24. The zero-order valence-corrected chi connectivity index (χ0v) is 10.1. The van der Waals surface area contributed by atoms with E-state index in [1.54, 1.807) is 12.3 Å². The van der Waals surface area contributed by atoms with Gasteiger partial charge in [0.2, 0.25) is 0 Å². The Bertz CT molecular complexity index is 375. The number of hydrogen-bond donors (Lipinski definition) is 1. The van der Waals surface area contributed by atoms with Gasteiger partial charge in [-0.05, 0) is 25.3 Å². The van der Waals surface area contributed by atoms with Gasteiger partial charge in [0.1, 0.15) is 5.76 Å². The molecule has 2 atom stereocenters. The minimum atomic E-state index is -0.0665. The van der Waals surface area contributed by atoms with Crippen LogP contribution in [-0.4, -0.2) is 17.3 Å². The number of amides is 1. The monoisotopic (exact) mass is 241 g/mol. The van der Waals surface area contributed by atoms with E-state index < -0.39 is 0 Å². The Morgan fingerprint density at radius 3 is 3.06 bits per heavy atom. The van der Waals surface area contributed by atoms with Gasteiger partial charge in [0.25, 0.3) is 5.91 Å². The third kappa shape index (κ3) is 2.24. The number of nitrogens with one attached hydrogen (secondary N) is 1. The van der Waals surface area contributed by atoms with Crippen molar-refractivity contribution >= 4 is 17.5 Å². The highest BCUT2D eigenvalue weighted by Gasteiger charge is 2.27. The van der Waals surface area contributed by atoms with E-state index in [0.717, 1.165) is 31.4 Å². The molecule has 0 aliphatic heterocycles. The van der Waals surface area contributed by atoms with E-state index in [1.807, 2.05) is 6.92 Å². The average molecular weight is 242 g/mol. The molecular weight excluding hydrogens is 226 g/mol. The van der Waals surface area contributed by atoms with Crippen LogP contribution in [0.25, 0.3) is 0 Å². The zero-order valence-electron chi connectivity index (χ0n) is 9.33. The van der Waals surface area contributed by atoms with Crippen LogP contribution in [-0.2, 0) is 6.42 Å². The number of hydrogen-bond acceptors (Lipinski definition) is 2. The summed E-state index contributed by atoms with van der Waals surface area (Å²) in [6.07, 6.45) is 5.33. The van der Waals surface area contributed by atoms with Gasteiger partial charge in [-0.25, -0.2) is 0 Å². The summed E-state index contributed by atoms with van der Waals surface area (Å²) >= 11 is 6.12. The molecule has 1 fully saturated rings. The van der Waals surface area contributed by atoms with E-state index in [1.165, 1.54) is 0 Å². The Balaban J connectivity index is 2.02. The van der Waals surface area contributed by atoms with Crippen LogP contribution in [0.1, 0.15) is 42.3 Å². The molecule has 1 heterocycles. The molecule has 1 amide bonds. The van der Waals surface area contributed by atoms with E-state index in [9.17, 15) is 4.79 Å². The van der Waals surface area contributed by atoms with E-state index in [0.29, 0.717) is 5.56 Å². The predicted octanol–water partition coefficient (Wildman–Crippen LogP) is 2.73. The van der Waals surface area contributed by atoms with Crippen LogP contribution in [0, 0.1) is 0 Å². The molecule has 1 saturated carbocycles. The van der Waals surface area contributed by atoms with Gasteiger partial charge in [-0.2, -0.15) is 0 Å². The molecule has 4 heteroatoms. The van der Waals surface area contributed by atoms with E-state index >= 15 is 0 Å². The maximum Gasteiger partial charge on any atom is 0.255 e. The second-order valence-electron chi connectivity index (χ2n) is 4.14. The first kappa shape index (κ1) is 11.5. The lowest BCUT2D eigenvalue weighted by atomic mass is 10.1. The number of furan rings is 1. The van der Waals surface area contributed by atoms with Crippen LogP contribution in [0.15, 0.2) is 16.7 Å². The van der Waals surface area contributed by atoms with Crippen molar-refractivity contribution in [3.8, 4) is 0 Å². The molecule has 88 valence electrons. The Hall–Kier alpha value is -0.960. The van der Waals surface area contributed by atoms with Crippen LogP contribution in [0.5, 0.6) is 0 Å². The molecule has 1 aliphatic rings. The predicted molar refractivity (Wildman–Crippen MR) is 62.8 cm³/mol. The van der Waals surface area contributed by atoms with Gasteiger partial charge in [-0.3, -0.25) is 4.79 Å². The van der Waals surface area contributed by atoms with Gasteiger partial charge in [-0.1, -0.05) is 6.92 Å². The summed E-state index contributed by atoms with van der Waals surface area (Å²) in [7, 11) is 0. The van der Waals surface area contributed by atoms with Gasteiger partial charge in [0.15, 0.2) is 0 Å². The Morgan fingerprint density at radius 2 is 2.44 bits per heavy atom. The van der Waals surface area contributed by atoms with Crippen molar-refractivity contribution in [1.82, 2.24) is 5.32 Å². The fourth-order valence-electron chi connectivity index (χ4n) is 2.14. The molecule has 2 rings (SSSR count). The SMILES string of the molecule is CCc1occc1C(=O)NC1CCCC1Cl. The van der Waals surface area contributed by atoms with Gasteiger partial charge < -0.3 is 9.73 Å². The lowest BCUT2D eigenvalue weighted by molar-refractivity contribution is 0.0936. The van der Waals surface area contributed by atoms with E-state index in [-0.39, 0.29) is 17.3 Å². The first-order valence-corrected chi connectivity index (χ1v) is 6.17. The standard InChI is InChI=1S/C12H16ClNO2/c1-2-11-8(6-7-16-11)12(15)14-10-5-3-4-9(10)13/h6-7,9-10H,2-5H2,1H3,(H,14,15). The minimum Gasteiger partial charge on any atom is -0.469 e. The fraction of sp³-hybridized carbons (Fsp3) is 0.583. The van der Waals surface area contributed by atoms with Crippen molar-refractivity contribution in [2.75, 3.05) is 0 Å². The molecule has 2 unspecified atom stereocenters. The number of rotatable bonds is 3. The fourth-order valence-corrected chi connectivity index (χ4v) is 2.48. The summed E-state index contributed by atoms with van der Waals surface area (Å²) in [6.45, 7) is 1.97. The summed E-state index contributed by atoms with van der Waals surface area (Å²) in [6, 6.07) is 1.82. The Labute approximate surface area is 100 Å². The number of alkyl halides is 1. The van der Waals surface area contributed by atoms with Crippen LogP contribution < -0.4 is 5.32 Å². The normalized spacial score (nSPS) is 24.6. The van der Waals surface area contributed by atoms with Crippen LogP contribution in [0.2, 0.25) is 0 Å². The largest absolute Gasteiger partial charge is 0.469 e. The molecule has 16 heavy (non-hydrogen) atoms. The molecule has 0 radical (unpaired) electrons. The first-order chi connectivity index (χ1) is 7.72. The second-order valence-corrected chi connectivity index (χ2v) is 4.70. The summed E-state index contributed by atoms with van der Waals surface area (Å²) in [5, 5.41) is 3.05. The zero-order chi connectivity index (χ0) is 11.5. The first-order valence-electron chi connectivity index (χ1n) is 5.73. The third-order valence-corrected chi connectivity index (χ3v) is 3.58. The van der Waals surface area contributed by atoms with Gasteiger partial charge in [0, 0.05) is 12.5 Å². The highest BCUT2D eigenvalue weighted by molar-refractivity contribution is 6.21. The summed E-state index contributed by atoms with van der Waals surface area (Å²) in [5.74, 6) is 0.671. The van der Waals surface area contributed by atoms with Crippen molar-refractivity contribution in [3.05, 3.63) is 23.7 Å². The molecule has 0 bridgehead atoms. The summed E-state index contributed by atoms with van der Waals surface area (Å²) in [5.41, 5.74) is 0.637. The average Bonchev–Trinajstić information content (AvgIpc) is 2.87. The summed E-state index contributed by atoms with van der Waals surface area (Å²) in [4.78, 5) is 12.0. The van der Waals surface area contributed by atoms with Gasteiger partial charge >= 0.3 is 0 Å². The molecule has 0 aromatic carbocycles. The molecule has 1 aromatic heterocycles. The molecule has 0 spiro atoms. The second kappa shape index (κ2) is 4.91. The molecule has 1 aromatic rings. The van der Waals surface area contributed by atoms with E-state index in [4.69, 9.17) is 16.0 Å². The number of aryl methyl sites for hydroxylation is 1. The molecule has 1 N–H and O–H groups in total. The molecular formula is C12H16ClNO2. The maximum absolute atomic E-state index is 12.0.